The molecule has 0 saturated carbocycles. The average molecular weight is 273 g/mol. The van der Waals surface area contributed by atoms with Crippen LogP contribution < -0.4 is 16.0 Å². The molecule has 1 aromatic carbocycles. The Bertz CT molecular complexity index is 474. The summed E-state index contributed by atoms with van der Waals surface area (Å²) in [4.78, 5) is 11.3. The summed E-state index contributed by atoms with van der Waals surface area (Å²) in [6.07, 6.45) is -2.52. The second kappa shape index (κ2) is 5.38. The van der Waals surface area contributed by atoms with Crippen LogP contribution in [0.3, 0.4) is 0 Å². The van der Waals surface area contributed by atoms with Crippen molar-refractivity contribution in [2.75, 3.05) is 23.7 Å². The number of rotatable bonds is 2. The van der Waals surface area contributed by atoms with E-state index in [2.05, 4.69) is 10.6 Å². The quantitative estimate of drug-likeness (QED) is 0.776. The number of alkyl halides is 3. The fourth-order valence-electron chi connectivity index (χ4n) is 1.91. The summed E-state index contributed by atoms with van der Waals surface area (Å²) in [5.74, 6) is 0. The summed E-state index contributed by atoms with van der Waals surface area (Å²) >= 11 is 0. The Hall–Kier alpha value is -1.92. The van der Waals surface area contributed by atoms with Gasteiger partial charge in [-0.15, -0.1) is 0 Å². The maximum absolute atomic E-state index is 11.9. The highest BCUT2D eigenvalue weighted by atomic mass is 19.4. The summed E-state index contributed by atoms with van der Waals surface area (Å²) in [5.41, 5.74) is 2.55. The highest BCUT2D eigenvalue weighted by Crippen LogP contribution is 2.25. The van der Waals surface area contributed by atoms with Crippen LogP contribution >= 0.6 is 0 Å². The Morgan fingerprint density at radius 1 is 1.37 bits per heavy atom. The van der Waals surface area contributed by atoms with Gasteiger partial charge in [0.15, 0.2) is 0 Å². The largest absolute Gasteiger partial charge is 0.405 e. The number of aryl methyl sites for hydroxylation is 1. The predicted octanol–water partition coefficient (Wildman–Crippen LogP) is 2.73. The Morgan fingerprint density at radius 2 is 2.16 bits per heavy atom. The lowest BCUT2D eigenvalue weighted by atomic mass is 10.0. The molecule has 1 aliphatic heterocycles. The number of urea groups is 1. The molecule has 7 heteroatoms. The van der Waals surface area contributed by atoms with Crippen molar-refractivity contribution in [3.8, 4) is 0 Å². The standard InChI is InChI=1S/C12H14F3N3O/c13-12(14,15)7-17-11(19)18-9-3-4-10-8(6-9)2-1-5-16-10/h3-4,6,16H,1-2,5,7H2,(H2,17,18,19). The number of carbonyl (C=O) groups excluding carboxylic acids is 1. The van der Waals surface area contributed by atoms with Crippen molar-refractivity contribution in [3.05, 3.63) is 23.8 Å². The monoisotopic (exact) mass is 273 g/mol. The first-order valence-corrected chi connectivity index (χ1v) is 5.92. The van der Waals surface area contributed by atoms with Crippen LogP contribution in [0.4, 0.5) is 29.3 Å². The fourth-order valence-corrected chi connectivity index (χ4v) is 1.91. The number of hydrogen-bond donors (Lipinski definition) is 3. The van der Waals surface area contributed by atoms with E-state index < -0.39 is 18.8 Å². The highest BCUT2D eigenvalue weighted by molar-refractivity contribution is 5.89. The molecule has 104 valence electrons. The zero-order valence-corrected chi connectivity index (χ0v) is 10.1. The highest BCUT2D eigenvalue weighted by Gasteiger charge is 2.27. The molecule has 1 heterocycles. The van der Waals surface area contributed by atoms with E-state index in [9.17, 15) is 18.0 Å². The number of nitrogens with one attached hydrogen (secondary N) is 3. The van der Waals surface area contributed by atoms with Gasteiger partial charge >= 0.3 is 12.2 Å². The average Bonchev–Trinajstić information content (AvgIpc) is 2.35. The number of benzene rings is 1. The van der Waals surface area contributed by atoms with Gasteiger partial charge in [0.1, 0.15) is 6.54 Å². The smallest absolute Gasteiger partial charge is 0.385 e. The summed E-state index contributed by atoms with van der Waals surface area (Å²) in [6, 6.07) is 4.38. The molecule has 2 rings (SSSR count). The molecule has 3 N–H and O–H groups in total. The van der Waals surface area contributed by atoms with Crippen LogP contribution in [0.15, 0.2) is 18.2 Å². The Morgan fingerprint density at radius 3 is 2.89 bits per heavy atom. The molecule has 19 heavy (non-hydrogen) atoms. The first-order valence-electron chi connectivity index (χ1n) is 5.92. The van der Waals surface area contributed by atoms with E-state index in [1.807, 2.05) is 6.07 Å². The van der Waals surface area contributed by atoms with Crippen LogP contribution in [0.5, 0.6) is 0 Å². The minimum Gasteiger partial charge on any atom is -0.385 e. The molecular formula is C12H14F3N3O. The molecule has 0 saturated heterocycles. The van der Waals surface area contributed by atoms with Gasteiger partial charge in [0.25, 0.3) is 0 Å². The van der Waals surface area contributed by atoms with Crippen molar-refractivity contribution in [1.82, 2.24) is 5.32 Å². The maximum Gasteiger partial charge on any atom is 0.405 e. The van der Waals surface area contributed by atoms with E-state index in [1.165, 1.54) is 0 Å². The molecule has 0 fully saturated rings. The number of anilines is 2. The zero-order chi connectivity index (χ0) is 13.9. The Balaban J connectivity index is 1.94. The van der Waals surface area contributed by atoms with Gasteiger partial charge in [0.05, 0.1) is 0 Å². The summed E-state index contributed by atoms with van der Waals surface area (Å²) < 4.78 is 35.8. The molecular weight excluding hydrogens is 259 g/mol. The molecule has 0 aliphatic carbocycles. The van der Waals surface area contributed by atoms with Crippen LogP contribution in [-0.4, -0.2) is 25.3 Å². The van der Waals surface area contributed by atoms with E-state index >= 15 is 0 Å². The van der Waals surface area contributed by atoms with Crippen molar-refractivity contribution >= 4 is 17.4 Å². The molecule has 0 atom stereocenters. The molecule has 0 radical (unpaired) electrons. The lowest BCUT2D eigenvalue weighted by molar-refractivity contribution is -0.122. The maximum atomic E-state index is 11.9. The molecule has 0 bridgehead atoms. The number of hydrogen-bond acceptors (Lipinski definition) is 2. The molecule has 1 aliphatic rings. The minimum absolute atomic E-state index is 0.488. The third kappa shape index (κ3) is 4.04. The first kappa shape index (κ1) is 13.5. The van der Waals surface area contributed by atoms with Crippen LogP contribution in [0.2, 0.25) is 0 Å². The molecule has 0 aromatic heterocycles. The number of amides is 2. The third-order valence-corrected chi connectivity index (χ3v) is 2.75. The Labute approximate surface area is 108 Å². The third-order valence-electron chi connectivity index (χ3n) is 2.75. The van der Waals surface area contributed by atoms with Crippen molar-refractivity contribution in [2.24, 2.45) is 0 Å². The first-order chi connectivity index (χ1) is 8.94. The number of carbonyl (C=O) groups is 1. The molecule has 4 nitrogen and oxygen atoms in total. The van der Waals surface area contributed by atoms with Gasteiger partial charge in [0, 0.05) is 17.9 Å². The number of fused-ring (bicyclic) bond motifs is 1. The van der Waals surface area contributed by atoms with Crippen molar-refractivity contribution in [2.45, 2.75) is 19.0 Å². The van der Waals surface area contributed by atoms with E-state index in [0.29, 0.717) is 5.69 Å². The van der Waals surface area contributed by atoms with E-state index in [1.54, 1.807) is 17.4 Å². The zero-order valence-electron chi connectivity index (χ0n) is 10.1. The van der Waals surface area contributed by atoms with E-state index in [4.69, 9.17) is 0 Å². The fraction of sp³-hybridized carbons (Fsp3) is 0.417. The molecule has 1 aromatic rings. The van der Waals surface area contributed by atoms with Gasteiger partial charge < -0.3 is 16.0 Å². The van der Waals surface area contributed by atoms with E-state index in [-0.39, 0.29) is 0 Å². The second-order valence-electron chi connectivity index (χ2n) is 4.33. The van der Waals surface area contributed by atoms with Gasteiger partial charge in [-0.3, -0.25) is 0 Å². The van der Waals surface area contributed by atoms with Crippen LogP contribution in [0.25, 0.3) is 0 Å². The SMILES string of the molecule is O=C(NCC(F)(F)F)Nc1ccc2c(c1)CCCN2. The lowest BCUT2D eigenvalue weighted by Gasteiger charge is -2.19. The van der Waals surface area contributed by atoms with Gasteiger partial charge in [-0.25, -0.2) is 4.79 Å². The Kier molecular flexibility index (Phi) is 3.82. The lowest BCUT2D eigenvalue weighted by Crippen LogP contribution is -2.36. The van der Waals surface area contributed by atoms with Crippen molar-refractivity contribution < 1.29 is 18.0 Å². The summed E-state index contributed by atoms with van der Waals surface area (Å²) in [5, 5.41) is 7.36. The summed E-state index contributed by atoms with van der Waals surface area (Å²) in [6.45, 7) is -0.433. The number of halogens is 3. The molecule has 2 amide bonds. The van der Waals surface area contributed by atoms with Crippen LogP contribution in [-0.2, 0) is 6.42 Å². The van der Waals surface area contributed by atoms with E-state index in [0.717, 1.165) is 30.6 Å². The summed E-state index contributed by atoms with van der Waals surface area (Å²) in [7, 11) is 0. The van der Waals surface area contributed by atoms with Crippen molar-refractivity contribution in [3.63, 3.8) is 0 Å². The molecule has 0 unspecified atom stereocenters. The minimum atomic E-state index is -4.41. The normalized spacial score (nSPS) is 14.3. The van der Waals surface area contributed by atoms with Crippen LogP contribution in [0, 0.1) is 0 Å². The van der Waals surface area contributed by atoms with Gasteiger partial charge in [0.2, 0.25) is 0 Å². The van der Waals surface area contributed by atoms with Gasteiger partial charge in [-0.05, 0) is 36.6 Å². The van der Waals surface area contributed by atoms with Gasteiger partial charge in [-0.2, -0.15) is 13.2 Å². The van der Waals surface area contributed by atoms with Crippen LogP contribution in [0.1, 0.15) is 12.0 Å². The molecule has 0 spiro atoms. The topological polar surface area (TPSA) is 53.2 Å². The predicted molar refractivity (Wildman–Crippen MR) is 66.3 cm³/mol. The van der Waals surface area contributed by atoms with Crippen molar-refractivity contribution in [1.29, 1.82) is 0 Å². The second-order valence-corrected chi connectivity index (χ2v) is 4.33. The van der Waals surface area contributed by atoms with Gasteiger partial charge in [-0.1, -0.05) is 0 Å².